The fourth-order valence-electron chi connectivity index (χ4n) is 2.64. The largest absolute Gasteiger partial charge is 0.356 e. The van der Waals surface area contributed by atoms with Gasteiger partial charge in [-0.05, 0) is 37.8 Å². The summed E-state index contributed by atoms with van der Waals surface area (Å²) in [5.74, 6) is 0. The molecular weight excluding hydrogens is 400 g/mol. The average molecular weight is 447 g/mol. The fraction of sp³-hybridized carbons (Fsp3) is 0.833. The number of methoxy groups -OCH3 is 4. The highest BCUT2D eigenvalue weighted by Crippen LogP contribution is 2.11. The SMILES string of the molecule is CCCCOC(C=CCCC(OC)OC)OC(C=CCCC(OC)OC)OCCCC. The number of allylic oxidation sites excluding steroid dienone is 2. The van der Waals surface area contributed by atoms with Crippen LogP contribution in [0.5, 0.6) is 0 Å². The summed E-state index contributed by atoms with van der Waals surface area (Å²) in [5.41, 5.74) is 0. The maximum Gasteiger partial charge on any atom is 0.180 e. The summed E-state index contributed by atoms with van der Waals surface area (Å²) in [4.78, 5) is 0. The first-order valence-electron chi connectivity index (χ1n) is 11.5. The third-order valence-electron chi connectivity index (χ3n) is 4.60. The van der Waals surface area contributed by atoms with Crippen molar-refractivity contribution in [3.05, 3.63) is 24.3 Å². The molecular formula is C24H46O7. The minimum absolute atomic E-state index is 0.207. The Kier molecular flexibility index (Phi) is 21.8. The molecule has 184 valence electrons. The van der Waals surface area contributed by atoms with Crippen LogP contribution in [-0.4, -0.2) is 66.8 Å². The van der Waals surface area contributed by atoms with Crippen molar-refractivity contribution in [3.63, 3.8) is 0 Å². The highest BCUT2D eigenvalue weighted by Gasteiger charge is 2.14. The van der Waals surface area contributed by atoms with Crippen LogP contribution in [0.25, 0.3) is 0 Å². The fourth-order valence-corrected chi connectivity index (χ4v) is 2.64. The minimum Gasteiger partial charge on any atom is -0.356 e. The summed E-state index contributed by atoms with van der Waals surface area (Å²) in [6.07, 6.45) is 13.8. The molecule has 31 heavy (non-hydrogen) atoms. The quantitative estimate of drug-likeness (QED) is 0.129. The van der Waals surface area contributed by atoms with Gasteiger partial charge in [0.25, 0.3) is 0 Å². The van der Waals surface area contributed by atoms with Crippen LogP contribution < -0.4 is 0 Å². The molecule has 0 saturated carbocycles. The Labute approximate surface area is 190 Å². The zero-order valence-corrected chi connectivity index (χ0v) is 20.5. The van der Waals surface area contributed by atoms with Crippen molar-refractivity contribution in [2.24, 2.45) is 0 Å². The van der Waals surface area contributed by atoms with Crippen LogP contribution in [-0.2, 0) is 33.2 Å². The molecule has 0 aliphatic carbocycles. The monoisotopic (exact) mass is 446 g/mol. The van der Waals surface area contributed by atoms with E-state index >= 15 is 0 Å². The van der Waals surface area contributed by atoms with E-state index in [0.29, 0.717) is 13.2 Å². The molecule has 2 unspecified atom stereocenters. The van der Waals surface area contributed by atoms with E-state index in [4.69, 9.17) is 33.2 Å². The standard InChI is InChI=1S/C24H46O7/c1-7-9-19-29-23(17-13-11-15-21(25-3)26-4)31-24(30-20-10-8-2)18-14-12-16-22(27-5)28-6/h13-14,17-18,21-24H,7-12,15-16,19-20H2,1-6H3. The molecule has 2 atom stereocenters. The molecule has 0 aliphatic heterocycles. The summed E-state index contributed by atoms with van der Waals surface area (Å²) in [6.45, 7) is 5.55. The molecule has 0 amide bonds. The second-order valence-electron chi connectivity index (χ2n) is 7.13. The van der Waals surface area contributed by atoms with Crippen LogP contribution >= 0.6 is 0 Å². The number of hydrogen-bond acceptors (Lipinski definition) is 7. The van der Waals surface area contributed by atoms with Crippen LogP contribution in [0, 0.1) is 0 Å². The van der Waals surface area contributed by atoms with E-state index in [0.717, 1.165) is 51.4 Å². The molecule has 0 aromatic rings. The van der Waals surface area contributed by atoms with E-state index in [9.17, 15) is 0 Å². The van der Waals surface area contributed by atoms with Gasteiger partial charge in [-0.15, -0.1) is 0 Å². The van der Waals surface area contributed by atoms with E-state index in [1.165, 1.54) is 0 Å². The van der Waals surface area contributed by atoms with Gasteiger partial charge in [0.2, 0.25) is 0 Å². The van der Waals surface area contributed by atoms with Crippen molar-refractivity contribution in [2.75, 3.05) is 41.7 Å². The maximum absolute atomic E-state index is 6.12. The molecule has 7 heteroatoms. The minimum atomic E-state index is -0.475. The summed E-state index contributed by atoms with van der Waals surface area (Å²) in [5, 5.41) is 0. The average Bonchev–Trinajstić information content (AvgIpc) is 2.79. The summed E-state index contributed by atoms with van der Waals surface area (Å²) >= 11 is 0. The van der Waals surface area contributed by atoms with Crippen LogP contribution in [0.2, 0.25) is 0 Å². The van der Waals surface area contributed by atoms with Crippen molar-refractivity contribution in [3.8, 4) is 0 Å². The number of unbranched alkanes of at least 4 members (excludes halogenated alkanes) is 2. The Morgan fingerprint density at radius 2 is 1.00 bits per heavy atom. The third-order valence-corrected chi connectivity index (χ3v) is 4.60. The Balaban J connectivity index is 4.87. The lowest BCUT2D eigenvalue weighted by molar-refractivity contribution is -0.208. The van der Waals surface area contributed by atoms with Gasteiger partial charge in [0, 0.05) is 41.3 Å². The lowest BCUT2D eigenvalue weighted by Gasteiger charge is -2.22. The van der Waals surface area contributed by atoms with Crippen molar-refractivity contribution in [2.45, 2.75) is 90.4 Å². The molecule has 0 N–H and O–H groups in total. The van der Waals surface area contributed by atoms with E-state index < -0.39 is 12.6 Å². The third kappa shape index (κ3) is 17.4. The normalized spacial score (nSPS) is 14.5. The molecule has 0 saturated heterocycles. The van der Waals surface area contributed by atoms with E-state index in [1.807, 2.05) is 24.3 Å². The second kappa shape index (κ2) is 22.4. The molecule has 0 bridgehead atoms. The molecule has 0 heterocycles. The molecule has 0 aromatic carbocycles. The zero-order valence-electron chi connectivity index (χ0n) is 20.5. The Morgan fingerprint density at radius 1 is 0.613 bits per heavy atom. The Bertz CT molecular complexity index is 382. The van der Waals surface area contributed by atoms with Gasteiger partial charge >= 0.3 is 0 Å². The summed E-state index contributed by atoms with van der Waals surface area (Å²) < 4.78 is 38.9. The van der Waals surface area contributed by atoms with Crippen molar-refractivity contribution >= 4 is 0 Å². The van der Waals surface area contributed by atoms with Gasteiger partial charge in [0.05, 0.1) is 13.2 Å². The highest BCUT2D eigenvalue weighted by molar-refractivity contribution is 4.90. The van der Waals surface area contributed by atoms with Crippen molar-refractivity contribution < 1.29 is 33.2 Å². The van der Waals surface area contributed by atoms with Gasteiger partial charge in [0.1, 0.15) is 0 Å². The molecule has 0 radical (unpaired) electrons. The zero-order chi connectivity index (χ0) is 23.2. The Hall–Kier alpha value is -0.800. The van der Waals surface area contributed by atoms with Gasteiger partial charge in [-0.25, -0.2) is 0 Å². The number of hydrogen-bond donors (Lipinski definition) is 0. The summed E-state index contributed by atoms with van der Waals surface area (Å²) in [7, 11) is 6.57. The van der Waals surface area contributed by atoms with Gasteiger partial charge < -0.3 is 33.2 Å². The van der Waals surface area contributed by atoms with Gasteiger partial charge in [-0.2, -0.15) is 0 Å². The van der Waals surface area contributed by atoms with E-state index in [-0.39, 0.29) is 12.6 Å². The number of rotatable bonds is 22. The number of ether oxygens (including phenoxy) is 7. The van der Waals surface area contributed by atoms with Crippen LogP contribution in [0.15, 0.2) is 24.3 Å². The highest BCUT2D eigenvalue weighted by atomic mass is 16.8. The molecule has 0 rings (SSSR count). The van der Waals surface area contributed by atoms with E-state index in [2.05, 4.69) is 13.8 Å². The Morgan fingerprint density at radius 3 is 1.32 bits per heavy atom. The van der Waals surface area contributed by atoms with Crippen molar-refractivity contribution in [1.29, 1.82) is 0 Å². The molecule has 0 aromatic heterocycles. The predicted octanol–water partition coefficient (Wildman–Crippen LogP) is 5.20. The lowest BCUT2D eigenvalue weighted by atomic mass is 10.2. The van der Waals surface area contributed by atoms with Crippen LogP contribution in [0.1, 0.15) is 65.2 Å². The first kappa shape index (κ1) is 30.2. The van der Waals surface area contributed by atoms with E-state index in [1.54, 1.807) is 28.4 Å². The molecule has 0 spiro atoms. The van der Waals surface area contributed by atoms with Gasteiger partial charge in [0.15, 0.2) is 25.2 Å². The summed E-state index contributed by atoms with van der Waals surface area (Å²) in [6, 6.07) is 0. The first-order valence-corrected chi connectivity index (χ1v) is 11.5. The second-order valence-corrected chi connectivity index (χ2v) is 7.13. The first-order chi connectivity index (χ1) is 15.1. The van der Waals surface area contributed by atoms with Gasteiger partial charge in [-0.1, -0.05) is 38.8 Å². The molecule has 7 nitrogen and oxygen atoms in total. The van der Waals surface area contributed by atoms with Gasteiger partial charge in [-0.3, -0.25) is 0 Å². The maximum atomic E-state index is 6.12. The molecule has 0 fully saturated rings. The van der Waals surface area contributed by atoms with Crippen LogP contribution in [0.4, 0.5) is 0 Å². The topological polar surface area (TPSA) is 64.6 Å². The molecule has 0 aliphatic rings. The lowest BCUT2D eigenvalue weighted by Crippen LogP contribution is -2.25. The predicted molar refractivity (Wildman–Crippen MR) is 123 cm³/mol. The van der Waals surface area contributed by atoms with Crippen LogP contribution in [0.3, 0.4) is 0 Å². The smallest absolute Gasteiger partial charge is 0.180 e. The van der Waals surface area contributed by atoms with Crippen molar-refractivity contribution in [1.82, 2.24) is 0 Å².